The minimum atomic E-state index is -0.369. The molecule has 0 amide bonds. The highest BCUT2D eigenvalue weighted by Crippen LogP contribution is 2.29. The number of benzene rings is 1. The minimum absolute atomic E-state index is 0.267. The number of hydrogen-bond donors (Lipinski definition) is 1. The van der Waals surface area contributed by atoms with Gasteiger partial charge in [-0.15, -0.1) is 0 Å². The van der Waals surface area contributed by atoms with Crippen LogP contribution in [-0.2, 0) is 0 Å². The maximum absolute atomic E-state index is 15.0. The van der Waals surface area contributed by atoms with Gasteiger partial charge < -0.3 is 4.98 Å². The highest BCUT2D eigenvalue weighted by atomic mass is 19.1. The number of aromatic nitrogens is 3. The van der Waals surface area contributed by atoms with E-state index in [-0.39, 0.29) is 11.5 Å². The summed E-state index contributed by atoms with van der Waals surface area (Å²) in [6.07, 6.45) is 3.66. The molecule has 3 rings (SSSR count). The quantitative estimate of drug-likeness (QED) is 0.670. The second-order valence-corrected chi connectivity index (χ2v) is 6.07. The van der Waals surface area contributed by atoms with Crippen LogP contribution in [0.25, 0.3) is 28.1 Å². The third-order valence-corrected chi connectivity index (χ3v) is 4.02. The molecular formula is C21H17FN4. The normalized spacial score (nSPS) is 11.0. The van der Waals surface area contributed by atoms with Crippen LogP contribution < -0.4 is 0 Å². The Morgan fingerprint density at radius 2 is 1.96 bits per heavy atom. The zero-order valence-electron chi connectivity index (χ0n) is 14.6. The van der Waals surface area contributed by atoms with Crippen LogP contribution in [0.3, 0.4) is 0 Å². The van der Waals surface area contributed by atoms with Crippen LogP contribution in [0.1, 0.15) is 23.7 Å². The number of hydrogen-bond acceptors (Lipinski definition) is 3. The first kappa shape index (κ1) is 17.3. The van der Waals surface area contributed by atoms with E-state index < -0.39 is 0 Å². The van der Waals surface area contributed by atoms with E-state index in [1.54, 1.807) is 25.1 Å². The third-order valence-electron chi connectivity index (χ3n) is 4.02. The molecule has 2 heterocycles. The Hall–Kier alpha value is -3.52. The lowest BCUT2D eigenvalue weighted by molar-refractivity contribution is 0.620. The molecule has 0 fully saturated rings. The first-order chi connectivity index (χ1) is 12.4. The molecule has 0 aliphatic rings. The molecule has 0 unspecified atom stereocenters. The number of nitrogens with zero attached hydrogens (tertiary/aromatic N) is 3. The van der Waals surface area contributed by atoms with E-state index >= 15 is 0 Å². The van der Waals surface area contributed by atoms with Crippen molar-refractivity contribution >= 4 is 16.7 Å². The predicted molar refractivity (Wildman–Crippen MR) is 102 cm³/mol. The Morgan fingerprint density at radius 1 is 1.19 bits per heavy atom. The predicted octanol–water partition coefficient (Wildman–Crippen LogP) is 5.09. The molecule has 1 N–H and O–H groups in total. The molecule has 26 heavy (non-hydrogen) atoms. The fourth-order valence-electron chi connectivity index (χ4n) is 2.63. The molecule has 0 spiro atoms. The molecule has 0 saturated heterocycles. The Morgan fingerprint density at radius 3 is 2.65 bits per heavy atom. The van der Waals surface area contributed by atoms with Gasteiger partial charge in [0.2, 0.25) is 0 Å². The number of imidazole rings is 1. The third kappa shape index (κ3) is 3.17. The molecular weight excluding hydrogens is 327 g/mol. The molecule has 0 radical (unpaired) electrons. The lowest BCUT2D eigenvalue weighted by Crippen LogP contribution is -1.95. The Labute approximate surface area is 151 Å². The van der Waals surface area contributed by atoms with Gasteiger partial charge in [-0.25, -0.2) is 14.4 Å². The number of halogens is 1. The molecule has 0 bridgehead atoms. The van der Waals surface area contributed by atoms with Gasteiger partial charge in [0.1, 0.15) is 23.4 Å². The van der Waals surface area contributed by atoms with Gasteiger partial charge in [-0.1, -0.05) is 36.9 Å². The SMILES string of the molecule is C=C(C)/C=C\C(=C)c1ccc(-c2nc3nc(C#N)ccc3[nH]2)c(F)c1C. The second kappa shape index (κ2) is 6.77. The van der Waals surface area contributed by atoms with E-state index in [0.29, 0.717) is 33.7 Å². The van der Waals surface area contributed by atoms with Crippen molar-refractivity contribution in [1.82, 2.24) is 15.0 Å². The second-order valence-electron chi connectivity index (χ2n) is 6.07. The summed E-state index contributed by atoms with van der Waals surface area (Å²) in [4.78, 5) is 11.5. The van der Waals surface area contributed by atoms with Gasteiger partial charge in [-0.2, -0.15) is 5.26 Å². The first-order valence-electron chi connectivity index (χ1n) is 8.00. The van der Waals surface area contributed by atoms with Gasteiger partial charge >= 0.3 is 0 Å². The van der Waals surface area contributed by atoms with Gasteiger partial charge in [0.15, 0.2) is 5.65 Å². The zero-order valence-corrected chi connectivity index (χ0v) is 14.6. The van der Waals surface area contributed by atoms with Crippen molar-refractivity contribution in [2.45, 2.75) is 13.8 Å². The summed E-state index contributed by atoms with van der Waals surface area (Å²) in [7, 11) is 0. The average molecular weight is 344 g/mol. The molecule has 0 saturated carbocycles. The van der Waals surface area contributed by atoms with Crippen molar-refractivity contribution in [2.24, 2.45) is 0 Å². The maximum atomic E-state index is 15.0. The molecule has 2 aromatic heterocycles. The molecule has 128 valence electrons. The Balaban J connectivity index is 2.04. The molecule has 5 heteroatoms. The van der Waals surface area contributed by atoms with Crippen LogP contribution in [0.15, 0.2) is 55.1 Å². The van der Waals surface area contributed by atoms with Crippen molar-refractivity contribution in [3.05, 3.63) is 77.8 Å². The van der Waals surface area contributed by atoms with Crippen molar-refractivity contribution in [2.75, 3.05) is 0 Å². The van der Waals surface area contributed by atoms with Crippen LogP contribution in [0.4, 0.5) is 4.39 Å². The largest absolute Gasteiger partial charge is 0.336 e. The molecule has 3 aromatic rings. The Bertz CT molecular complexity index is 1110. The average Bonchev–Trinajstić information content (AvgIpc) is 3.04. The van der Waals surface area contributed by atoms with E-state index in [1.807, 2.05) is 31.2 Å². The van der Waals surface area contributed by atoms with Crippen molar-refractivity contribution in [3.8, 4) is 17.5 Å². The summed E-state index contributed by atoms with van der Waals surface area (Å²) in [5, 5.41) is 8.93. The van der Waals surface area contributed by atoms with Crippen molar-refractivity contribution in [3.63, 3.8) is 0 Å². The van der Waals surface area contributed by atoms with E-state index in [9.17, 15) is 4.39 Å². The summed E-state index contributed by atoms with van der Waals surface area (Å²) in [6.45, 7) is 11.4. The van der Waals surface area contributed by atoms with Crippen molar-refractivity contribution in [1.29, 1.82) is 5.26 Å². The lowest BCUT2D eigenvalue weighted by atomic mass is 9.97. The van der Waals surface area contributed by atoms with Gasteiger partial charge in [-0.3, -0.25) is 0 Å². The van der Waals surface area contributed by atoms with Crippen LogP contribution in [0.5, 0.6) is 0 Å². The number of fused-ring (bicyclic) bond motifs is 1. The first-order valence-corrected chi connectivity index (χ1v) is 8.00. The standard InChI is InChI=1S/C21H17FN4/c1-12(2)5-6-13(3)16-8-9-17(19(22)14(16)4)20-25-18-10-7-15(11-23)24-21(18)26-20/h5-10H,1,3H2,2,4H3,(H,24,25,26)/b6-5-. The summed E-state index contributed by atoms with van der Waals surface area (Å²) in [6, 6.07) is 8.75. The zero-order chi connectivity index (χ0) is 18.8. The number of pyridine rings is 1. The molecule has 0 atom stereocenters. The van der Waals surface area contributed by atoms with Crippen LogP contribution >= 0.6 is 0 Å². The van der Waals surface area contributed by atoms with E-state index in [4.69, 9.17) is 5.26 Å². The molecule has 1 aromatic carbocycles. The van der Waals surface area contributed by atoms with Gasteiger partial charge in [0, 0.05) is 0 Å². The minimum Gasteiger partial charge on any atom is -0.336 e. The smallest absolute Gasteiger partial charge is 0.179 e. The number of aromatic amines is 1. The van der Waals surface area contributed by atoms with Crippen molar-refractivity contribution < 1.29 is 4.39 Å². The maximum Gasteiger partial charge on any atom is 0.179 e. The highest BCUT2D eigenvalue weighted by molar-refractivity contribution is 5.79. The number of allylic oxidation sites excluding steroid dienone is 4. The monoisotopic (exact) mass is 344 g/mol. The van der Waals surface area contributed by atoms with Gasteiger partial charge in [0.25, 0.3) is 0 Å². The summed E-state index contributed by atoms with van der Waals surface area (Å²) in [5.74, 6) is 0.00441. The number of nitriles is 1. The van der Waals surface area contributed by atoms with E-state index in [0.717, 1.165) is 11.1 Å². The summed E-state index contributed by atoms with van der Waals surface area (Å²) < 4.78 is 15.0. The topological polar surface area (TPSA) is 65.4 Å². The number of nitrogens with one attached hydrogen (secondary N) is 1. The van der Waals surface area contributed by atoms with E-state index in [1.165, 1.54) is 0 Å². The highest BCUT2D eigenvalue weighted by Gasteiger charge is 2.16. The molecule has 0 aliphatic heterocycles. The summed E-state index contributed by atoms with van der Waals surface area (Å²) in [5.41, 5.74) is 4.47. The number of rotatable bonds is 4. The number of H-pyrrole nitrogens is 1. The van der Waals surface area contributed by atoms with Crippen LogP contribution in [0.2, 0.25) is 0 Å². The van der Waals surface area contributed by atoms with Gasteiger partial charge in [-0.05, 0) is 48.7 Å². The Kier molecular flexibility index (Phi) is 4.51. The summed E-state index contributed by atoms with van der Waals surface area (Å²) >= 11 is 0. The lowest BCUT2D eigenvalue weighted by Gasteiger charge is -2.10. The molecule has 4 nitrogen and oxygen atoms in total. The fourth-order valence-corrected chi connectivity index (χ4v) is 2.63. The van der Waals surface area contributed by atoms with Crippen LogP contribution in [0, 0.1) is 24.1 Å². The van der Waals surface area contributed by atoms with E-state index in [2.05, 4.69) is 28.1 Å². The fraction of sp³-hybridized carbons (Fsp3) is 0.0952. The van der Waals surface area contributed by atoms with Gasteiger partial charge in [0.05, 0.1) is 11.1 Å². The van der Waals surface area contributed by atoms with Crippen LogP contribution in [-0.4, -0.2) is 15.0 Å². The molecule has 0 aliphatic carbocycles.